The molecule has 2 aromatic rings. The Kier molecular flexibility index (Phi) is 4.22. The molecule has 1 aromatic heterocycles. The van der Waals surface area contributed by atoms with Crippen molar-refractivity contribution in [3.8, 4) is 11.5 Å². The van der Waals surface area contributed by atoms with Crippen LogP contribution in [0.1, 0.15) is 26.0 Å². The number of oxazole rings is 1. The lowest BCUT2D eigenvalue weighted by Gasteiger charge is -2.42. The van der Waals surface area contributed by atoms with Crippen molar-refractivity contribution in [3.05, 3.63) is 42.3 Å². The van der Waals surface area contributed by atoms with E-state index in [2.05, 4.69) is 18.8 Å². The Balaban J connectivity index is 1.66. The molecule has 5 heteroatoms. The highest BCUT2D eigenvalue weighted by Crippen LogP contribution is 2.28. The summed E-state index contributed by atoms with van der Waals surface area (Å²) in [5, 5.41) is 0. The van der Waals surface area contributed by atoms with E-state index in [4.69, 9.17) is 10.2 Å². The average Bonchev–Trinajstić information content (AvgIpc) is 2.99. The van der Waals surface area contributed by atoms with Crippen molar-refractivity contribution < 1.29 is 9.21 Å². The second kappa shape index (κ2) is 6.16. The molecule has 0 aliphatic carbocycles. The van der Waals surface area contributed by atoms with Gasteiger partial charge in [-0.25, -0.2) is 4.98 Å². The zero-order valence-corrected chi connectivity index (χ0v) is 13.7. The molecular formula is C18H23N3O2. The van der Waals surface area contributed by atoms with Crippen LogP contribution in [0.15, 0.2) is 41.0 Å². The van der Waals surface area contributed by atoms with Crippen molar-refractivity contribution in [1.29, 1.82) is 0 Å². The molecule has 1 aliphatic heterocycles. The molecule has 1 aliphatic rings. The van der Waals surface area contributed by atoms with Crippen molar-refractivity contribution in [1.82, 2.24) is 9.88 Å². The Bertz CT molecular complexity index is 679. The van der Waals surface area contributed by atoms with E-state index >= 15 is 0 Å². The Labute approximate surface area is 136 Å². The van der Waals surface area contributed by atoms with Crippen LogP contribution >= 0.6 is 0 Å². The van der Waals surface area contributed by atoms with Gasteiger partial charge in [0.05, 0.1) is 12.1 Å². The van der Waals surface area contributed by atoms with E-state index in [0.29, 0.717) is 24.7 Å². The summed E-state index contributed by atoms with van der Waals surface area (Å²) in [6.07, 6.45) is 2.68. The summed E-state index contributed by atoms with van der Waals surface area (Å²) in [6, 6.07) is 9.83. The summed E-state index contributed by atoms with van der Waals surface area (Å²) in [5.41, 5.74) is 7.66. The number of hydrogen-bond donors (Lipinski definition) is 1. The molecule has 5 nitrogen and oxygen atoms in total. The first kappa shape index (κ1) is 15.7. The van der Waals surface area contributed by atoms with E-state index < -0.39 is 0 Å². The maximum absolute atomic E-state index is 12.5. The first-order valence-electron chi connectivity index (χ1n) is 7.99. The van der Waals surface area contributed by atoms with E-state index in [0.717, 1.165) is 12.0 Å². The van der Waals surface area contributed by atoms with E-state index in [1.807, 2.05) is 35.2 Å². The fourth-order valence-corrected chi connectivity index (χ4v) is 2.95. The molecule has 1 atom stereocenters. The van der Waals surface area contributed by atoms with Crippen LogP contribution in [0.2, 0.25) is 0 Å². The van der Waals surface area contributed by atoms with Crippen LogP contribution in [0, 0.1) is 5.41 Å². The average molecular weight is 313 g/mol. The van der Waals surface area contributed by atoms with Crippen LogP contribution in [0.4, 0.5) is 0 Å². The standard InChI is InChI=1S/C18H23N3O2/c1-18(2)12-21(9-8-15(18)19)16(22)10-14-11-23-17(20-14)13-6-4-3-5-7-13/h3-7,11,15H,8-10,12,19H2,1-2H3. The number of carbonyl (C=O) groups is 1. The highest BCUT2D eigenvalue weighted by atomic mass is 16.3. The van der Waals surface area contributed by atoms with Gasteiger partial charge in [-0.1, -0.05) is 32.0 Å². The molecule has 1 aromatic carbocycles. The number of nitrogens with two attached hydrogens (primary N) is 1. The van der Waals surface area contributed by atoms with Gasteiger partial charge >= 0.3 is 0 Å². The van der Waals surface area contributed by atoms with E-state index in [1.165, 1.54) is 0 Å². The molecule has 0 bridgehead atoms. The number of hydrogen-bond acceptors (Lipinski definition) is 4. The summed E-state index contributed by atoms with van der Waals surface area (Å²) in [6.45, 7) is 5.63. The molecule has 1 amide bonds. The van der Waals surface area contributed by atoms with Gasteiger partial charge in [-0.15, -0.1) is 0 Å². The van der Waals surface area contributed by atoms with Gasteiger partial charge in [0, 0.05) is 24.7 Å². The molecule has 2 heterocycles. The van der Waals surface area contributed by atoms with Gasteiger partial charge in [-0.3, -0.25) is 4.79 Å². The third-order valence-corrected chi connectivity index (χ3v) is 4.57. The minimum Gasteiger partial charge on any atom is -0.444 e. The van der Waals surface area contributed by atoms with Gasteiger partial charge in [0.2, 0.25) is 11.8 Å². The number of carbonyl (C=O) groups excluding carboxylic acids is 1. The number of piperidine rings is 1. The molecule has 3 rings (SSSR count). The monoisotopic (exact) mass is 313 g/mol. The minimum absolute atomic E-state index is 0.0487. The van der Waals surface area contributed by atoms with Crippen LogP contribution in [-0.2, 0) is 11.2 Å². The van der Waals surface area contributed by atoms with Gasteiger partial charge < -0.3 is 15.1 Å². The smallest absolute Gasteiger partial charge is 0.228 e. The summed E-state index contributed by atoms with van der Waals surface area (Å²) < 4.78 is 5.50. The molecule has 0 spiro atoms. The molecule has 0 saturated carbocycles. The normalized spacial score (nSPS) is 20.5. The predicted molar refractivity (Wildman–Crippen MR) is 88.6 cm³/mol. The highest BCUT2D eigenvalue weighted by molar-refractivity contribution is 5.78. The van der Waals surface area contributed by atoms with Crippen molar-refractivity contribution in [3.63, 3.8) is 0 Å². The fourth-order valence-electron chi connectivity index (χ4n) is 2.95. The molecule has 2 N–H and O–H groups in total. The molecule has 0 radical (unpaired) electrons. The van der Waals surface area contributed by atoms with Crippen LogP contribution < -0.4 is 5.73 Å². The maximum atomic E-state index is 12.5. The summed E-state index contributed by atoms with van der Waals surface area (Å²) in [7, 11) is 0. The zero-order valence-electron chi connectivity index (χ0n) is 13.7. The highest BCUT2D eigenvalue weighted by Gasteiger charge is 2.35. The first-order valence-corrected chi connectivity index (χ1v) is 7.99. The van der Waals surface area contributed by atoms with Crippen molar-refractivity contribution in [2.45, 2.75) is 32.7 Å². The Morgan fingerprint density at radius 1 is 1.39 bits per heavy atom. The van der Waals surface area contributed by atoms with Crippen molar-refractivity contribution in [2.75, 3.05) is 13.1 Å². The maximum Gasteiger partial charge on any atom is 0.228 e. The number of benzene rings is 1. The molecule has 1 fully saturated rings. The topological polar surface area (TPSA) is 72.4 Å². The molecular weight excluding hydrogens is 290 g/mol. The molecule has 1 saturated heterocycles. The fraction of sp³-hybridized carbons (Fsp3) is 0.444. The third-order valence-electron chi connectivity index (χ3n) is 4.57. The second-order valence-electron chi connectivity index (χ2n) is 6.89. The van der Waals surface area contributed by atoms with Crippen LogP contribution in [0.25, 0.3) is 11.5 Å². The van der Waals surface area contributed by atoms with E-state index in [9.17, 15) is 4.79 Å². The SMILES string of the molecule is CC1(C)CN(C(=O)Cc2coc(-c3ccccc3)n2)CCC1N. The lowest BCUT2D eigenvalue weighted by Crippen LogP contribution is -2.54. The summed E-state index contributed by atoms with van der Waals surface area (Å²) in [5.74, 6) is 0.632. The van der Waals surface area contributed by atoms with E-state index in [-0.39, 0.29) is 23.8 Å². The van der Waals surface area contributed by atoms with Gasteiger partial charge in [-0.2, -0.15) is 0 Å². The molecule has 1 unspecified atom stereocenters. The summed E-state index contributed by atoms with van der Waals surface area (Å²) in [4.78, 5) is 18.8. The Hall–Kier alpha value is -2.14. The minimum atomic E-state index is -0.0487. The van der Waals surface area contributed by atoms with Gasteiger partial charge in [-0.05, 0) is 24.0 Å². The van der Waals surface area contributed by atoms with E-state index in [1.54, 1.807) is 6.26 Å². The van der Waals surface area contributed by atoms with Gasteiger partial charge in [0.1, 0.15) is 6.26 Å². The quantitative estimate of drug-likeness (QED) is 0.945. The van der Waals surface area contributed by atoms with Crippen LogP contribution in [-0.4, -0.2) is 34.9 Å². The number of likely N-dealkylation sites (tertiary alicyclic amines) is 1. The lowest BCUT2D eigenvalue weighted by atomic mass is 9.79. The molecule has 122 valence electrons. The third kappa shape index (κ3) is 3.45. The number of nitrogens with zero attached hydrogens (tertiary/aromatic N) is 2. The number of amides is 1. The largest absolute Gasteiger partial charge is 0.444 e. The lowest BCUT2D eigenvalue weighted by molar-refractivity contribution is -0.133. The predicted octanol–water partition coefficient (Wildman–Crippen LogP) is 2.47. The van der Waals surface area contributed by atoms with Crippen LogP contribution in [0.5, 0.6) is 0 Å². The van der Waals surface area contributed by atoms with Gasteiger partial charge in [0.25, 0.3) is 0 Å². The van der Waals surface area contributed by atoms with Crippen molar-refractivity contribution in [2.24, 2.45) is 11.1 Å². The zero-order chi connectivity index (χ0) is 16.4. The second-order valence-corrected chi connectivity index (χ2v) is 6.89. The summed E-state index contributed by atoms with van der Waals surface area (Å²) >= 11 is 0. The Morgan fingerprint density at radius 2 is 2.13 bits per heavy atom. The first-order chi connectivity index (χ1) is 11.0. The van der Waals surface area contributed by atoms with Crippen LogP contribution in [0.3, 0.4) is 0 Å². The number of rotatable bonds is 3. The number of aromatic nitrogens is 1. The molecule has 23 heavy (non-hydrogen) atoms. The van der Waals surface area contributed by atoms with Gasteiger partial charge in [0.15, 0.2) is 0 Å². The van der Waals surface area contributed by atoms with Crippen molar-refractivity contribution >= 4 is 5.91 Å². The Morgan fingerprint density at radius 3 is 2.83 bits per heavy atom.